The number of benzene rings is 2. The van der Waals surface area contributed by atoms with Gasteiger partial charge in [-0.3, -0.25) is 0 Å². The normalized spacial score (nSPS) is 10.9. The van der Waals surface area contributed by atoms with Crippen molar-refractivity contribution in [1.29, 1.82) is 0 Å². The van der Waals surface area contributed by atoms with Crippen molar-refractivity contribution in [2.75, 3.05) is 13.2 Å². The fourth-order valence-corrected chi connectivity index (χ4v) is 2.19. The van der Waals surface area contributed by atoms with Crippen LogP contribution < -0.4 is 4.74 Å². The van der Waals surface area contributed by atoms with Crippen LogP contribution in [0, 0.1) is 0 Å². The van der Waals surface area contributed by atoms with Gasteiger partial charge in [-0.15, -0.1) is 0 Å². The van der Waals surface area contributed by atoms with Gasteiger partial charge in [-0.25, -0.2) is 0 Å². The molecule has 2 heteroatoms. The van der Waals surface area contributed by atoms with Gasteiger partial charge >= 0.3 is 0 Å². The largest absolute Gasteiger partial charge is 0.494 e. The Morgan fingerprint density at radius 2 is 1.43 bits per heavy atom. The summed E-state index contributed by atoms with van der Waals surface area (Å²) in [7, 11) is 0. The highest BCUT2D eigenvalue weighted by Gasteiger charge is 2.00. The van der Waals surface area contributed by atoms with Crippen LogP contribution in [-0.4, -0.2) is 19.3 Å². The Balaban J connectivity index is 1.97. The predicted molar refractivity (Wildman–Crippen MR) is 87.8 cm³/mol. The van der Waals surface area contributed by atoms with Crippen LogP contribution in [-0.2, 0) is 11.2 Å². The summed E-state index contributed by atoms with van der Waals surface area (Å²) < 4.78 is 11.0. The van der Waals surface area contributed by atoms with Crippen LogP contribution in [0.5, 0.6) is 5.75 Å². The van der Waals surface area contributed by atoms with Crippen LogP contribution in [0.4, 0.5) is 0 Å². The molecule has 112 valence electrons. The van der Waals surface area contributed by atoms with Gasteiger partial charge in [0.1, 0.15) is 5.75 Å². The molecule has 0 N–H and O–H groups in total. The highest BCUT2D eigenvalue weighted by molar-refractivity contribution is 5.64. The monoisotopic (exact) mass is 284 g/mol. The van der Waals surface area contributed by atoms with Gasteiger partial charge in [-0.2, -0.15) is 0 Å². The lowest BCUT2D eigenvalue weighted by Gasteiger charge is -2.08. The molecule has 0 amide bonds. The summed E-state index contributed by atoms with van der Waals surface area (Å²) in [4.78, 5) is 0. The van der Waals surface area contributed by atoms with Crippen molar-refractivity contribution in [1.82, 2.24) is 0 Å². The molecule has 0 aliphatic heterocycles. The molecular formula is C19H24O2. The molecule has 0 unspecified atom stereocenters. The fraction of sp³-hybridized carbons (Fsp3) is 0.368. The molecule has 0 radical (unpaired) electrons. The van der Waals surface area contributed by atoms with E-state index in [4.69, 9.17) is 9.47 Å². The molecule has 0 aliphatic rings. The highest BCUT2D eigenvalue weighted by Crippen LogP contribution is 2.23. The molecule has 2 aromatic carbocycles. The maximum atomic E-state index is 5.58. The summed E-state index contributed by atoms with van der Waals surface area (Å²) in [5.41, 5.74) is 3.75. The Hall–Kier alpha value is -1.80. The van der Waals surface area contributed by atoms with E-state index < -0.39 is 0 Å². The number of rotatable bonds is 7. The van der Waals surface area contributed by atoms with E-state index in [0.29, 0.717) is 12.7 Å². The molecular weight excluding hydrogens is 260 g/mol. The van der Waals surface area contributed by atoms with Gasteiger partial charge in [0, 0.05) is 0 Å². The predicted octanol–water partition coefficient (Wildman–Crippen LogP) is 4.72. The summed E-state index contributed by atoms with van der Waals surface area (Å²) in [6, 6.07) is 16.9. The van der Waals surface area contributed by atoms with Crippen molar-refractivity contribution in [2.24, 2.45) is 0 Å². The minimum atomic E-state index is 0.299. The Kier molecular flexibility index (Phi) is 5.82. The van der Waals surface area contributed by atoms with Crippen LogP contribution in [0.3, 0.4) is 0 Å². The SMILES string of the molecule is CCOc1ccc(-c2ccc(CCOC(C)C)cc2)cc1. The standard InChI is InChI=1S/C19H24O2/c1-4-20-19-11-9-18(10-12-19)17-7-5-16(6-8-17)13-14-21-15(2)3/h5-12,15H,4,13-14H2,1-3H3. The number of hydrogen-bond donors (Lipinski definition) is 0. The Morgan fingerprint density at radius 1 is 0.857 bits per heavy atom. The maximum absolute atomic E-state index is 5.58. The van der Waals surface area contributed by atoms with Crippen molar-refractivity contribution in [3.63, 3.8) is 0 Å². The molecule has 0 aliphatic carbocycles. The lowest BCUT2D eigenvalue weighted by atomic mass is 10.0. The van der Waals surface area contributed by atoms with E-state index in [2.05, 4.69) is 50.2 Å². The second-order valence-corrected chi connectivity index (χ2v) is 5.32. The average molecular weight is 284 g/mol. The van der Waals surface area contributed by atoms with Crippen LogP contribution in [0.15, 0.2) is 48.5 Å². The van der Waals surface area contributed by atoms with E-state index in [9.17, 15) is 0 Å². The van der Waals surface area contributed by atoms with Gasteiger partial charge in [-0.1, -0.05) is 36.4 Å². The van der Waals surface area contributed by atoms with Gasteiger partial charge in [0.25, 0.3) is 0 Å². The average Bonchev–Trinajstić information content (AvgIpc) is 2.49. The highest BCUT2D eigenvalue weighted by atomic mass is 16.5. The summed E-state index contributed by atoms with van der Waals surface area (Å²) >= 11 is 0. The second kappa shape index (κ2) is 7.84. The van der Waals surface area contributed by atoms with E-state index in [1.54, 1.807) is 0 Å². The van der Waals surface area contributed by atoms with Gasteiger partial charge in [0.05, 0.1) is 19.3 Å². The first-order valence-corrected chi connectivity index (χ1v) is 7.63. The van der Waals surface area contributed by atoms with Gasteiger partial charge in [0.2, 0.25) is 0 Å². The summed E-state index contributed by atoms with van der Waals surface area (Å²) in [6.45, 7) is 7.60. The van der Waals surface area contributed by atoms with Gasteiger partial charge in [-0.05, 0) is 56.0 Å². The molecule has 0 aromatic heterocycles. The maximum Gasteiger partial charge on any atom is 0.119 e. The molecule has 2 nitrogen and oxygen atoms in total. The minimum absolute atomic E-state index is 0.299. The number of ether oxygens (including phenoxy) is 2. The number of hydrogen-bond acceptors (Lipinski definition) is 2. The second-order valence-electron chi connectivity index (χ2n) is 5.32. The first-order valence-electron chi connectivity index (χ1n) is 7.63. The smallest absolute Gasteiger partial charge is 0.119 e. The van der Waals surface area contributed by atoms with Crippen molar-refractivity contribution in [2.45, 2.75) is 33.3 Å². The summed E-state index contributed by atoms with van der Waals surface area (Å²) in [5, 5.41) is 0. The quantitative estimate of drug-likeness (QED) is 0.732. The van der Waals surface area contributed by atoms with Crippen molar-refractivity contribution in [3.05, 3.63) is 54.1 Å². The fourth-order valence-electron chi connectivity index (χ4n) is 2.19. The zero-order chi connectivity index (χ0) is 15.1. The zero-order valence-electron chi connectivity index (χ0n) is 13.1. The van der Waals surface area contributed by atoms with Crippen molar-refractivity contribution in [3.8, 4) is 16.9 Å². The van der Waals surface area contributed by atoms with Gasteiger partial charge < -0.3 is 9.47 Å². The molecule has 21 heavy (non-hydrogen) atoms. The lowest BCUT2D eigenvalue weighted by molar-refractivity contribution is 0.0813. The molecule has 2 rings (SSSR count). The first-order chi connectivity index (χ1) is 10.2. The molecule has 2 aromatic rings. The molecule has 0 fully saturated rings. The van der Waals surface area contributed by atoms with E-state index in [0.717, 1.165) is 18.8 Å². The van der Waals surface area contributed by atoms with Crippen LogP contribution in [0.2, 0.25) is 0 Å². The van der Waals surface area contributed by atoms with Gasteiger partial charge in [0.15, 0.2) is 0 Å². The summed E-state index contributed by atoms with van der Waals surface area (Å²) in [6.07, 6.45) is 1.26. The van der Waals surface area contributed by atoms with Crippen LogP contribution in [0.1, 0.15) is 26.3 Å². The third-order valence-corrected chi connectivity index (χ3v) is 3.29. The van der Waals surface area contributed by atoms with E-state index in [1.165, 1.54) is 16.7 Å². The molecule has 0 spiro atoms. The third kappa shape index (κ3) is 4.91. The minimum Gasteiger partial charge on any atom is -0.494 e. The Bertz CT molecular complexity index is 526. The topological polar surface area (TPSA) is 18.5 Å². The van der Waals surface area contributed by atoms with E-state index in [1.807, 2.05) is 19.1 Å². The zero-order valence-corrected chi connectivity index (χ0v) is 13.1. The van der Waals surface area contributed by atoms with E-state index >= 15 is 0 Å². The molecule has 0 saturated heterocycles. The third-order valence-electron chi connectivity index (χ3n) is 3.29. The molecule has 0 bridgehead atoms. The summed E-state index contributed by atoms with van der Waals surface area (Å²) in [5.74, 6) is 0.920. The van der Waals surface area contributed by atoms with Crippen LogP contribution in [0.25, 0.3) is 11.1 Å². The Morgan fingerprint density at radius 3 is 1.95 bits per heavy atom. The lowest BCUT2D eigenvalue weighted by Crippen LogP contribution is -2.05. The Labute approximate surface area is 127 Å². The van der Waals surface area contributed by atoms with Crippen molar-refractivity contribution < 1.29 is 9.47 Å². The first kappa shape index (κ1) is 15.6. The van der Waals surface area contributed by atoms with Crippen LogP contribution >= 0.6 is 0 Å². The molecule has 0 atom stereocenters. The van der Waals surface area contributed by atoms with E-state index in [-0.39, 0.29) is 0 Å². The molecule has 0 heterocycles. The van der Waals surface area contributed by atoms with Crippen molar-refractivity contribution >= 4 is 0 Å². The molecule has 0 saturated carbocycles.